The summed E-state index contributed by atoms with van der Waals surface area (Å²) in [6, 6.07) is 4.12. The molecule has 0 saturated heterocycles. The number of rotatable bonds is 5. The minimum absolute atomic E-state index is 0. The maximum Gasteiger partial charge on any atom is 0.246 e. The first-order valence-corrected chi connectivity index (χ1v) is 9.72. The van der Waals surface area contributed by atoms with Crippen molar-refractivity contribution in [2.45, 2.75) is 45.8 Å². The zero-order chi connectivity index (χ0) is 17.5. The van der Waals surface area contributed by atoms with Crippen molar-refractivity contribution < 1.29 is 9.53 Å². The molecule has 2 aromatic rings. The van der Waals surface area contributed by atoms with Crippen molar-refractivity contribution in [3.63, 3.8) is 0 Å². The van der Waals surface area contributed by atoms with Gasteiger partial charge in [-0.1, -0.05) is 13.8 Å². The SMILES string of the molecule is CCOC1CC(N)(C(=O)Nc2nc(-c3ccc(C)s3)cs2)C1(C)C.Cl. The highest BCUT2D eigenvalue weighted by molar-refractivity contribution is 7.17. The zero-order valence-electron chi connectivity index (χ0n) is 14.8. The van der Waals surface area contributed by atoms with Gasteiger partial charge in [0.15, 0.2) is 5.13 Å². The molecule has 1 aliphatic rings. The van der Waals surface area contributed by atoms with E-state index in [2.05, 4.69) is 23.3 Å². The quantitative estimate of drug-likeness (QED) is 0.791. The van der Waals surface area contributed by atoms with Crippen LogP contribution in [0.15, 0.2) is 17.5 Å². The Bertz CT molecular complexity index is 759. The number of ether oxygens (including phenoxy) is 1. The summed E-state index contributed by atoms with van der Waals surface area (Å²) in [7, 11) is 0. The van der Waals surface area contributed by atoms with E-state index in [1.165, 1.54) is 16.2 Å². The lowest BCUT2D eigenvalue weighted by molar-refractivity contribution is -0.166. The van der Waals surface area contributed by atoms with Gasteiger partial charge in [0.25, 0.3) is 0 Å². The van der Waals surface area contributed by atoms with E-state index >= 15 is 0 Å². The molecule has 0 spiro atoms. The van der Waals surface area contributed by atoms with Gasteiger partial charge in [0, 0.05) is 28.7 Å². The Kier molecular flexibility index (Phi) is 5.95. The minimum atomic E-state index is -0.932. The average Bonchev–Trinajstić information content (AvgIpc) is 3.15. The van der Waals surface area contributed by atoms with Gasteiger partial charge < -0.3 is 15.8 Å². The third-order valence-corrected chi connectivity index (χ3v) is 6.73. The van der Waals surface area contributed by atoms with Crippen LogP contribution in [0.3, 0.4) is 0 Å². The fourth-order valence-electron chi connectivity index (χ4n) is 3.05. The van der Waals surface area contributed by atoms with E-state index in [-0.39, 0.29) is 24.4 Å². The summed E-state index contributed by atoms with van der Waals surface area (Å²) in [5, 5.41) is 5.43. The van der Waals surface area contributed by atoms with Crippen LogP contribution in [0, 0.1) is 12.3 Å². The van der Waals surface area contributed by atoms with Crippen LogP contribution in [0.1, 0.15) is 32.1 Å². The number of carbonyl (C=O) groups is 1. The largest absolute Gasteiger partial charge is 0.378 e. The number of nitrogens with one attached hydrogen (secondary N) is 1. The number of nitrogens with zero attached hydrogens (tertiary/aromatic N) is 1. The number of hydrogen-bond acceptors (Lipinski definition) is 6. The highest BCUT2D eigenvalue weighted by Gasteiger charge is 2.63. The number of anilines is 1. The van der Waals surface area contributed by atoms with Gasteiger partial charge in [-0.05, 0) is 26.0 Å². The second-order valence-corrected chi connectivity index (χ2v) is 8.89. The van der Waals surface area contributed by atoms with Crippen LogP contribution in [0.25, 0.3) is 10.6 Å². The number of carbonyl (C=O) groups excluding carboxylic acids is 1. The van der Waals surface area contributed by atoms with Crippen molar-refractivity contribution in [2.75, 3.05) is 11.9 Å². The van der Waals surface area contributed by atoms with Crippen LogP contribution in [0.5, 0.6) is 0 Å². The smallest absolute Gasteiger partial charge is 0.246 e. The van der Waals surface area contributed by atoms with Gasteiger partial charge in [-0.3, -0.25) is 4.79 Å². The maximum atomic E-state index is 12.7. The number of aromatic nitrogens is 1. The first-order chi connectivity index (χ1) is 11.3. The van der Waals surface area contributed by atoms with E-state index in [1.807, 2.05) is 32.2 Å². The highest BCUT2D eigenvalue weighted by Crippen LogP contribution is 2.50. The number of halogens is 1. The number of thiophene rings is 1. The summed E-state index contributed by atoms with van der Waals surface area (Å²) in [6.45, 7) is 8.61. The molecule has 3 rings (SSSR count). The number of aryl methyl sites for hydroxylation is 1. The van der Waals surface area contributed by atoms with E-state index < -0.39 is 11.0 Å². The first-order valence-electron chi connectivity index (χ1n) is 8.02. The molecule has 2 aromatic heterocycles. The summed E-state index contributed by atoms with van der Waals surface area (Å²) in [4.78, 5) is 19.6. The molecule has 5 nitrogen and oxygen atoms in total. The van der Waals surface area contributed by atoms with Crippen molar-refractivity contribution in [1.29, 1.82) is 0 Å². The molecule has 1 amide bonds. The fourth-order valence-corrected chi connectivity index (χ4v) is 4.65. The van der Waals surface area contributed by atoms with Crippen LogP contribution >= 0.6 is 35.1 Å². The van der Waals surface area contributed by atoms with E-state index in [9.17, 15) is 4.79 Å². The molecule has 8 heteroatoms. The van der Waals surface area contributed by atoms with Crippen LogP contribution in [0.2, 0.25) is 0 Å². The monoisotopic (exact) mass is 401 g/mol. The van der Waals surface area contributed by atoms with Gasteiger partial charge in [-0.25, -0.2) is 4.98 Å². The number of amides is 1. The highest BCUT2D eigenvalue weighted by atomic mass is 35.5. The first kappa shape index (κ1) is 20.3. The molecule has 1 aliphatic carbocycles. The van der Waals surface area contributed by atoms with Crippen molar-refractivity contribution in [1.82, 2.24) is 4.98 Å². The minimum Gasteiger partial charge on any atom is -0.378 e. The Morgan fingerprint density at radius 2 is 2.20 bits per heavy atom. The third-order valence-electron chi connectivity index (χ3n) is 4.95. The van der Waals surface area contributed by atoms with E-state index in [1.54, 1.807) is 11.3 Å². The molecule has 1 fully saturated rings. The topological polar surface area (TPSA) is 77.2 Å². The summed E-state index contributed by atoms with van der Waals surface area (Å²) in [5.74, 6) is -0.188. The third kappa shape index (κ3) is 3.48. The standard InChI is InChI=1S/C17H23N3O2S2.ClH/c1-5-22-13-8-17(18,16(13,3)4)14(21)20-15-19-11(9-23-15)12-7-6-10(2)24-12;/h6-7,9,13H,5,8,18H2,1-4H3,(H,19,20,21);1H. The molecule has 138 valence electrons. The Morgan fingerprint density at radius 1 is 1.48 bits per heavy atom. The van der Waals surface area contributed by atoms with Crippen LogP contribution in [-0.2, 0) is 9.53 Å². The molecule has 0 aromatic carbocycles. The number of hydrogen-bond donors (Lipinski definition) is 2. The molecule has 1 saturated carbocycles. The molecular weight excluding hydrogens is 378 g/mol. The van der Waals surface area contributed by atoms with Crippen LogP contribution in [0.4, 0.5) is 5.13 Å². The fraction of sp³-hybridized carbons (Fsp3) is 0.529. The summed E-state index contributed by atoms with van der Waals surface area (Å²) in [5.41, 5.74) is 5.95. The molecule has 25 heavy (non-hydrogen) atoms. The Labute approximate surface area is 162 Å². The Hall–Kier alpha value is -0.990. The molecular formula is C17H24ClN3O2S2. The predicted octanol–water partition coefficient (Wildman–Crippen LogP) is 4.07. The van der Waals surface area contributed by atoms with Gasteiger partial charge >= 0.3 is 0 Å². The second-order valence-electron chi connectivity index (χ2n) is 6.74. The Morgan fingerprint density at radius 3 is 2.76 bits per heavy atom. The number of nitrogens with two attached hydrogens (primary N) is 1. The summed E-state index contributed by atoms with van der Waals surface area (Å²) in [6.07, 6.45) is 0.543. The summed E-state index contributed by atoms with van der Waals surface area (Å²) >= 11 is 3.11. The lowest BCUT2D eigenvalue weighted by Gasteiger charge is -2.57. The molecule has 2 heterocycles. The second kappa shape index (κ2) is 7.32. The van der Waals surface area contributed by atoms with Gasteiger partial charge in [0.1, 0.15) is 5.54 Å². The Balaban J connectivity index is 0.00000225. The zero-order valence-corrected chi connectivity index (χ0v) is 17.2. The summed E-state index contributed by atoms with van der Waals surface area (Å²) < 4.78 is 5.68. The average molecular weight is 402 g/mol. The van der Waals surface area contributed by atoms with E-state index in [0.717, 1.165) is 10.6 Å². The van der Waals surface area contributed by atoms with Crippen molar-refractivity contribution >= 4 is 46.1 Å². The molecule has 2 atom stereocenters. The molecule has 3 N–H and O–H groups in total. The van der Waals surface area contributed by atoms with Gasteiger partial charge in [-0.2, -0.15) is 0 Å². The van der Waals surface area contributed by atoms with E-state index in [4.69, 9.17) is 10.5 Å². The lowest BCUT2D eigenvalue weighted by Crippen LogP contribution is -2.74. The van der Waals surface area contributed by atoms with Crippen molar-refractivity contribution in [2.24, 2.45) is 11.1 Å². The van der Waals surface area contributed by atoms with Gasteiger partial charge in [0.05, 0.1) is 16.7 Å². The number of thiazole rings is 1. The van der Waals surface area contributed by atoms with Gasteiger partial charge in [-0.15, -0.1) is 35.1 Å². The van der Waals surface area contributed by atoms with Crippen molar-refractivity contribution in [3.05, 3.63) is 22.4 Å². The molecule has 0 aliphatic heterocycles. The lowest BCUT2D eigenvalue weighted by atomic mass is 9.54. The van der Waals surface area contributed by atoms with Crippen LogP contribution in [-0.4, -0.2) is 29.1 Å². The van der Waals surface area contributed by atoms with Gasteiger partial charge in [0.2, 0.25) is 5.91 Å². The maximum absolute atomic E-state index is 12.7. The predicted molar refractivity (Wildman–Crippen MR) is 107 cm³/mol. The van der Waals surface area contributed by atoms with E-state index in [0.29, 0.717) is 18.2 Å². The molecule has 2 unspecified atom stereocenters. The van der Waals surface area contributed by atoms with Crippen LogP contribution < -0.4 is 11.1 Å². The molecule has 0 bridgehead atoms. The van der Waals surface area contributed by atoms with Crippen molar-refractivity contribution in [3.8, 4) is 10.6 Å². The molecule has 0 radical (unpaired) electrons. The normalized spacial score (nSPS) is 24.3.